The maximum absolute atomic E-state index is 11.7. The van der Waals surface area contributed by atoms with Crippen molar-refractivity contribution >= 4 is 38.0 Å². The van der Waals surface area contributed by atoms with Gasteiger partial charge in [0.25, 0.3) is 5.56 Å². The van der Waals surface area contributed by atoms with Gasteiger partial charge in [0.1, 0.15) is 4.70 Å². The number of fused-ring (bicyclic) bond motifs is 3. The average molecular weight is 216 g/mol. The number of nitrogens with two attached hydrogens (primary N) is 1. The molecule has 3 aromatic rings. The Labute approximate surface area is 89.2 Å². The summed E-state index contributed by atoms with van der Waals surface area (Å²) in [6, 6.07) is 7.54. The van der Waals surface area contributed by atoms with E-state index in [4.69, 9.17) is 5.73 Å². The van der Waals surface area contributed by atoms with Gasteiger partial charge >= 0.3 is 0 Å². The molecule has 0 spiro atoms. The van der Waals surface area contributed by atoms with E-state index in [1.165, 1.54) is 11.3 Å². The molecule has 0 amide bonds. The molecule has 0 aliphatic carbocycles. The number of hydrogen-bond acceptors (Lipinski definition) is 3. The number of H-pyrrole nitrogens is 1. The first-order chi connectivity index (χ1) is 7.25. The van der Waals surface area contributed by atoms with Crippen LogP contribution in [0.4, 0.5) is 5.69 Å². The van der Waals surface area contributed by atoms with Gasteiger partial charge in [0.2, 0.25) is 0 Å². The summed E-state index contributed by atoms with van der Waals surface area (Å²) in [7, 11) is 0. The Morgan fingerprint density at radius 3 is 2.93 bits per heavy atom. The minimum atomic E-state index is -0.0434. The molecule has 3 rings (SSSR count). The summed E-state index contributed by atoms with van der Waals surface area (Å²) >= 11 is 1.46. The van der Waals surface area contributed by atoms with Crippen molar-refractivity contribution in [1.29, 1.82) is 0 Å². The first-order valence-corrected chi connectivity index (χ1v) is 5.42. The molecule has 0 saturated heterocycles. The van der Waals surface area contributed by atoms with Crippen LogP contribution < -0.4 is 11.3 Å². The van der Waals surface area contributed by atoms with Crippen LogP contribution in [0.15, 0.2) is 34.4 Å². The molecule has 2 aromatic heterocycles. The van der Waals surface area contributed by atoms with Gasteiger partial charge in [0.15, 0.2) is 0 Å². The Bertz CT molecular complexity index is 711. The van der Waals surface area contributed by atoms with Gasteiger partial charge in [-0.15, -0.1) is 11.3 Å². The van der Waals surface area contributed by atoms with Crippen LogP contribution in [-0.2, 0) is 0 Å². The zero-order valence-corrected chi connectivity index (χ0v) is 8.60. The van der Waals surface area contributed by atoms with Crippen LogP contribution in [0, 0.1) is 0 Å². The van der Waals surface area contributed by atoms with Crippen LogP contribution in [0.1, 0.15) is 0 Å². The average Bonchev–Trinajstić information content (AvgIpc) is 2.66. The number of anilines is 1. The number of hydrogen-bond donors (Lipinski definition) is 2. The van der Waals surface area contributed by atoms with Gasteiger partial charge in [-0.05, 0) is 23.6 Å². The Morgan fingerprint density at radius 2 is 2.07 bits per heavy atom. The lowest BCUT2D eigenvalue weighted by atomic mass is 10.1. The third-order valence-electron chi connectivity index (χ3n) is 2.45. The van der Waals surface area contributed by atoms with Crippen LogP contribution in [0.2, 0.25) is 0 Å². The van der Waals surface area contributed by atoms with Crippen LogP contribution in [-0.4, -0.2) is 4.98 Å². The normalized spacial score (nSPS) is 11.2. The molecule has 1 aromatic carbocycles. The van der Waals surface area contributed by atoms with Crippen LogP contribution in [0.5, 0.6) is 0 Å². The van der Waals surface area contributed by atoms with Gasteiger partial charge < -0.3 is 10.7 Å². The van der Waals surface area contributed by atoms with E-state index >= 15 is 0 Å². The zero-order valence-electron chi connectivity index (χ0n) is 7.78. The smallest absolute Gasteiger partial charge is 0.266 e. The molecule has 0 bridgehead atoms. The fraction of sp³-hybridized carbons (Fsp3) is 0. The van der Waals surface area contributed by atoms with E-state index in [9.17, 15) is 4.79 Å². The second-order valence-electron chi connectivity index (χ2n) is 3.42. The molecule has 74 valence electrons. The van der Waals surface area contributed by atoms with Gasteiger partial charge in [-0.2, -0.15) is 0 Å². The number of nitrogen functional groups attached to an aromatic ring is 1. The maximum Gasteiger partial charge on any atom is 0.266 e. The Balaban J connectivity index is 2.66. The Kier molecular flexibility index (Phi) is 1.61. The molecule has 0 saturated carbocycles. The van der Waals surface area contributed by atoms with Crippen LogP contribution in [0.25, 0.3) is 21.0 Å². The standard InChI is InChI=1S/C11H8N2OS/c12-6-1-2-7-8-3-4-15-10(8)11(14)13-9(7)5-6/h1-5H,12H2,(H,13,14). The molecule has 3 nitrogen and oxygen atoms in total. The topological polar surface area (TPSA) is 58.9 Å². The van der Waals surface area contributed by atoms with Crippen molar-refractivity contribution in [2.24, 2.45) is 0 Å². The van der Waals surface area contributed by atoms with Gasteiger partial charge in [-0.25, -0.2) is 0 Å². The van der Waals surface area contributed by atoms with E-state index in [0.29, 0.717) is 5.69 Å². The molecule has 2 heterocycles. The SMILES string of the molecule is Nc1ccc2c(c1)[nH]c(=O)c1sccc12. The van der Waals surface area contributed by atoms with E-state index in [-0.39, 0.29) is 5.56 Å². The highest BCUT2D eigenvalue weighted by atomic mass is 32.1. The number of pyridine rings is 1. The molecule has 3 N–H and O–H groups in total. The summed E-state index contributed by atoms with van der Waals surface area (Å²) in [4.78, 5) is 14.5. The van der Waals surface area contributed by atoms with E-state index in [1.54, 1.807) is 6.07 Å². The van der Waals surface area contributed by atoms with E-state index < -0.39 is 0 Å². The fourth-order valence-corrected chi connectivity index (χ4v) is 2.58. The predicted molar refractivity (Wildman–Crippen MR) is 64.4 cm³/mol. The molecular formula is C11H8N2OS. The molecule has 0 fully saturated rings. The number of nitrogens with one attached hydrogen (secondary N) is 1. The van der Waals surface area contributed by atoms with E-state index in [1.807, 2.05) is 23.6 Å². The highest BCUT2D eigenvalue weighted by Gasteiger charge is 2.05. The number of aromatic nitrogens is 1. The first-order valence-electron chi connectivity index (χ1n) is 4.54. The van der Waals surface area contributed by atoms with Crippen molar-refractivity contribution in [2.45, 2.75) is 0 Å². The quantitative estimate of drug-likeness (QED) is 0.566. The zero-order chi connectivity index (χ0) is 10.4. The van der Waals surface area contributed by atoms with Crippen molar-refractivity contribution in [3.05, 3.63) is 40.0 Å². The highest BCUT2D eigenvalue weighted by Crippen LogP contribution is 2.25. The second-order valence-corrected chi connectivity index (χ2v) is 4.34. The summed E-state index contributed by atoms with van der Waals surface area (Å²) < 4.78 is 0.771. The first kappa shape index (κ1) is 8.49. The van der Waals surface area contributed by atoms with E-state index in [2.05, 4.69) is 4.98 Å². The van der Waals surface area contributed by atoms with Crippen LogP contribution >= 0.6 is 11.3 Å². The molecule has 0 aliphatic rings. The van der Waals surface area contributed by atoms with Crippen molar-refractivity contribution < 1.29 is 0 Å². The molecular weight excluding hydrogens is 208 g/mol. The molecule has 0 radical (unpaired) electrons. The van der Waals surface area contributed by atoms with Crippen molar-refractivity contribution in [1.82, 2.24) is 4.98 Å². The number of thiophene rings is 1. The number of aromatic amines is 1. The molecule has 15 heavy (non-hydrogen) atoms. The Morgan fingerprint density at radius 1 is 1.20 bits per heavy atom. The monoisotopic (exact) mass is 216 g/mol. The molecule has 0 atom stereocenters. The largest absolute Gasteiger partial charge is 0.399 e. The van der Waals surface area contributed by atoms with Crippen LogP contribution in [0.3, 0.4) is 0 Å². The number of rotatable bonds is 0. The summed E-state index contributed by atoms with van der Waals surface area (Å²) in [5.41, 5.74) is 7.09. The molecule has 4 heteroatoms. The third kappa shape index (κ3) is 1.15. The number of benzene rings is 1. The van der Waals surface area contributed by atoms with Gasteiger partial charge in [0.05, 0.1) is 5.52 Å². The minimum Gasteiger partial charge on any atom is -0.399 e. The summed E-state index contributed by atoms with van der Waals surface area (Å²) in [6.45, 7) is 0. The second kappa shape index (κ2) is 2.84. The third-order valence-corrected chi connectivity index (χ3v) is 3.37. The molecule has 0 aliphatic heterocycles. The van der Waals surface area contributed by atoms with Gasteiger partial charge in [-0.1, -0.05) is 6.07 Å². The van der Waals surface area contributed by atoms with Gasteiger partial charge in [-0.3, -0.25) is 4.79 Å². The lowest BCUT2D eigenvalue weighted by molar-refractivity contribution is 1.36. The van der Waals surface area contributed by atoms with Crippen molar-refractivity contribution in [3.8, 4) is 0 Å². The lowest BCUT2D eigenvalue weighted by Gasteiger charge is -2.00. The summed E-state index contributed by atoms with van der Waals surface area (Å²) in [5, 5.41) is 3.97. The summed E-state index contributed by atoms with van der Waals surface area (Å²) in [5.74, 6) is 0. The fourth-order valence-electron chi connectivity index (χ4n) is 1.78. The maximum atomic E-state index is 11.7. The lowest BCUT2D eigenvalue weighted by Crippen LogP contribution is -2.04. The summed E-state index contributed by atoms with van der Waals surface area (Å²) in [6.07, 6.45) is 0. The Hall–Kier alpha value is -1.81. The highest BCUT2D eigenvalue weighted by molar-refractivity contribution is 7.17. The van der Waals surface area contributed by atoms with Gasteiger partial charge in [0, 0.05) is 16.5 Å². The van der Waals surface area contributed by atoms with Crippen molar-refractivity contribution in [3.63, 3.8) is 0 Å². The minimum absolute atomic E-state index is 0.0434. The predicted octanol–water partition coefficient (Wildman–Crippen LogP) is 2.33. The van der Waals surface area contributed by atoms with E-state index in [0.717, 1.165) is 21.0 Å². The van der Waals surface area contributed by atoms with Crippen molar-refractivity contribution in [2.75, 3.05) is 5.73 Å². The molecule has 0 unspecified atom stereocenters.